The van der Waals surface area contributed by atoms with Gasteiger partial charge >= 0.3 is 0 Å². The van der Waals surface area contributed by atoms with Gasteiger partial charge in [0.2, 0.25) is 0 Å². The molecular formula is C14H9BrClN3O3. The van der Waals surface area contributed by atoms with Crippen molar-refractivity contribution in [3.05, 3.63) is 73.2 Å². The average Bonchev–Trinajstić information content (AvgIpc) is 2.49. The predicted octanol–water partition coefficient (Wildman–Crippen LogP) is 3.77. The smallest absolute Gasteiger partial charge is 0.267 e. The third-order valence-corrected chi connectivity index (χ3v) is 3.50. The highest BCUT2D eigenvalue weighted by atomic mass is 79.9. The van der Waals surface area contributed by atoms with Crippen LogP contribution in [0.2, 0.25) is 5.02 Å². The standard InChI is InChI=1S/C14H9BrClN3O3/c15-11-4-1-9(2-5-11)8-17-18-14(20)10-3-6-12(16)13(7-10)19(21)22/h1-8H,(H,18,20)/b17-8+. The SMILES string of the molecule is O=C(N/N=C/c1ccc(Br)cc1)c1ccc(Cl)c([N+](=O)[O-])c1. The van der Waals surface area contributed by atoms with E-state index in [1.807, 2.05) is 24.3 Å². The number of carbonyl (C=O) groups is 1. The minimum atomic E-state index is -0.649. The molecule has 0 aliphatic rings. The molecule has 0 fully saturated rings. The fourth-order valence-corrected chi connectivity index (χ4v) is 2.02. The molecule has 0 saturated heterocycles. The lowest BCUT2D eigenvalue weighted by Crippen LogP contribution is -2.17. The zero-order valence-corrected chi connectivity index (χ0v) is 13.3. The molecule has 2 aromatic carbocycles. The van der Waals surface area contributed by atoms with E-state index in [-0.39, 0.29) is 16.3 Å². The average molecular weight is 383 g/mol. The van der Waals surface area contributed by atoms with Crippen LogP contribution in [0.25, 0.3) is 0 Å². The van der Waals surface area contributed by atoms with Crippen LogP contribution in [0.4, 0.5) is 5.69 Å². The third-order valence-electron chi connectivity index (χ3n) is 2.65. The molecule has 0 aromatic heterocycles. The van der Waals surface area contributed by atoms with E-state index in [0.29, 0.717) is 0 Å². The van der Waals surface area contributed by atoms with Crippen LogP contribution in [0.1, 0.15) is 15.9 Å². The number of carbonyl (C=O) groups excluding carboxylic acids is 1. The highest BCUT2D eigenvalue weighted by Crippen LogP contribution is 2.24. The Bertz CT molecular complexity index is 747. The molecule has 0 unspecified atom stereocenters. The molecule has 0 heterocycles. The van der Waals surface area contributed by atoms with E-state index in [1.165, 1.54) is 18.3 Å². The second-order valence-corrected chi connectivity index (χ2v) is 5.50. The Hall–Kier alpha value is -2.25. The Balaban J connectivity index is 2.08. The third kappa shape index (κ3) is 4.12. The van der Waals surface area contributed by atoms with E-state index in [1.54, 1.807) is 0 Å². The number of rotatable bonds is 4. The molecule has 1 amide bonds. The Morgan fingerprint density at radius 2 is 1.95 bits per heavy atom. The van der Waals surface area contributed by atoms with E-state index >= 15 is 0 Å². The molecule has 0 spiro atoms. The molecule has 0 radical (unpaired) electrons. The fraction of sp³-hybridized carbons (Fsp3) is 0. The predicted molar refractivity (Wildman–Crippen MR) is 87.3 cm³/mol. The van der Waals surface area contributed by atoms with E-state index in [9.17, 15) is 14.9 Å². The Kier molecular flexibility index (Phi) is 5.24. The number of amides is 1. The van der Waals surface area contributed by atoms with Crippen molar-refractivity contribution in [3.63, 3.8) is 0 Å². The Labute approximate surface area is 139 Å². The van der Waals surface area contributed by atoms with Gasteiger partial charge in [-0.25, -0.2) is 5.43 Å². The van der Waals surface area contributed by atoms with Crippen molar-refractivity contribution in [2.24, 2.45) is 5.10 Å². The van der Waals surface area contributed by atoms with Crippen LogP contribution in [0.3, 0.4) is 0 Å². The normalized spacial score (nSPS) is 10.6. The van der Waals surface area contributed by atoms with Crippen molar-refractivity contribution in [2.45, 2.75) is 0 Å². The largest absolute Gasteiger partial charge is 0.288 e. The second-order valence-electron chi connectivity index (χ2n) is 4.17. The molecule has 2 rings (SSSR count). The van der Waals surface area contributed by atoms with Crippen LogP contribution >= 0.6 is 27.5 Å². The lowest BCUT2D eigenvalue weighted by Gasteiger charge is -2.01. The number of halogens is 2. The van der Waals surface area contributed by atoms with Crippen LogP contribution in [-0.2, 0) is 0 Å². The summed E-state index contributed by atoms with van der Waals surface area (Å²) >= 11 is 9.00. The van der Waals surface area contributed by atoms with E-state index in [4.69, 9.17) is 11.6 Å². The summed E-state index contributed by atoms with van der Waals surface area (Å²) in [5.41, 5.74) is 2.87. The minimum Gasteiger partial charge on any atom is -0.267 e. The number of nitro benzene ring substituents is 1. The highest BCUT2D eigenvalue weighted by Gasteiger charge is 2.15. The van der Waals surface area contributed by atoms with E-state index < -0.39 is 10.8 Å². The van der Waals surface area contributed by atoms with Crippen LogP contribution in [-0.4, -0.2) is 17.0 Å². The quantitative estimate of drug-likeness (QED) is 0.496. The molecule has 22 heavy (non-hydrogen) atoms. The van der Waals surface area contributed by atoms with Gasteiger partial charge in [-0.2, -0.15) is 5.10 Å². The zero-order chi connectivity index (χ0) is 16.1. The summed E-state index contributed by atoms with van der Waals surface area (Å²) in [4.78, 5) is 22.0. The van der Waals surface area contributed by atoms with Crippen LogP contribution < -0.4 is 5.43 Å². The van der Waals surface area contributed by atoms with Crippen LogP contribution in [0.15, 0.2) is 52.0 Å². The lowest BCUT2D eigenvalue weighted by atomic mass is 10.2. The number of nitro groups is 1. The first-order valence-electron chi connectivity index (χ1n) is 6.00. The Morgan fingerprint density at radius 3 is 2.59 bits per heavy atom. The first-order valence-corrected chi connectivity index (χ1v) is 7.17. The number of nitrogens with one attached hydrogen (secondary N) is 1. The molecule has 1 N–H and O–H groups in total. The molecule has 6 nitrogen and oxygen atoms in total. The summed E-state index contributed by atoms with van der Waals surface area (Å²) in [5.74, 6) is -0.562. The maximum Gasteiger partial charge on any atom is 0.288 e. The first kappa shape index (κ1) is 16.1. The first-order chi connectivity index (χ1) is 10.5. The van der Waals surface area contributed by atoms with Crippen molar-refractivity contribution in [2.75, 3.05) is 0 Å². The Morgan fingerprint density at radius 1 is 1.27 bits per heavy atom. The highest BCUT2D eigenvalue weighted by molar-refractivity contribution is 9.10. The van der Waals surface area contributed by atoms with Gasteiger partial charge in [-0.15, -0.1) is 0 Å². The van der Waals surface area contributed by atoms with Crippen molar-refractivity contribution in [1.29, 1.82) is 0 Å². The summed E-state index contributed by atoms with van der Waals surface area (Å²) in [7, 11) is 0. The monoisotopic (exact) mass is 381 g/mol. The molecule has 0 aliphatic carbocycles. The molecular weight excluding hydrogens is 374 g/mol. The topological polar surface area (TPSA) is 84.6 Å². The maximum absolute atomic E-state index is 11.9. The molecule has 112 valence electrons. The summed E-state index contributed by atoms with van der Waals surface area (Å²) in [6.07, 6.45) is 1.47. The number of hydrogen-bond acceptors (Lipinski definition) is 4. The van der Waals surface area contributed by atoms with Gasteiger partial charge in [-0.05, 0) is 29.8 Å². The van der Waals surface area contributed by atoms with Crippen molar-refractivity contribution < 1.29 is 9.72 Å². The lowest BCUT2D eigenvalue weighted by molar-refractivity contribution is -0.384. The number of hydrazone groups is 1. The zero-order valence-electron chi connectivity index (χ0n) is 11.0. The summed E-state index contributed by atoms with van der Waals surface area (Å²) in [5, 5.41) is 14.6. The number of hydrogen-bond donors (Lipinski definition) is 1. The van der Waals surface area contributed by atoms with Gasteiger partial charge < -0.3 is 0 Å². The van der Waals surface area contributed by atoms with Gasteiger partial charge in [-0.1, -0.05) is 39.7 Å². The van der Waals surface area contributed by atoms with E-state index in [2.05, 4.69) is 26.5 Å². The van der Waals surface area contributed by atoms with Gasteiger partial charge in [-0.3, -0.25) is 14.9 Å². The number of nitrogens with zero attached hydrogens (tertiary/aromatic N) is 2. The minimum absolute atomic E-state index is 0.0279. The maximum atomic E-state index is 11.9. The molecule has 2 aromatic rings. The molecule has 0 bridgehead atoms. The summed E-state index contributed by atoms with van der Waals surface area (Å²) < 4.78 is 0.933. The molecule has 0 aliphatic heterocycles. The van der Waals surface area contributed by atoms with Gasteiger partial charge in [0.25, 0.3) is 11.6 Å². The van der Waals surface area contributed by atoms with Gasteiger partial charge in [0.1, 0.15) is 5.02 Å². The number of benzene rings is 2. The van der Waals surface area contributed by atoms with Gasteiger partial charge in [0.15, 0.2) is 0 Å². The van der Waals surface area contributed by atoms with Crippen molar-refractivity contribution >= 4 is 45.3 Å². The fourth-order valence-electron chi connectivity index (χ4n) is 1.57. The molecule has 8 heteroatoms. The van der Waals surface area contributed by atoms with Crippen LogP contribution in [0.5, 0.6) is 0 Å². The summed E-state index contributed by atoms with van der Waals surface area (Å²) in [6.45, 7) is 0. The van der Waals surface area contributed by atoms with Gasteiger partial charge in [0.05, 0.1) is 11.1 Å². The van der Waals surface area contributed by atoms with Crippen molar-refractivity contribution in [1.82, 2.24) is 5.43 Å². The molecule has 0 atom stereocenters. The van der Waals surface area contributed by atoms with E-state index in [0.717, 1.165) is 16.1 Å². The van der Waals surface area contributed by atoms with Crippen molar-refractivity contribution in [3.8, 4) is 0 Å². The summed E-state index contributed by atoms with van der Waals surface area (Å²) in [6, 6.07) is 11.1. The second kappa shape index (κ2) is 7.15. The molecule has 0 saturated carbocycles. The van der Waals surface area contributed by atoms with Crippen LogP contribution in [0, 0.1) is 10.1 Å². The van der Waals surface area contributed by atoms with Gasteiger partial charge in [0, 0.05) is 16.1 Å².